The van der Waals surface area contributed by atoms with E-state index in [1.54, 1.807) is 0 Å². The van der Waals surface area contributed by atoms with Crippen LogP contribution in [0.25, 0.3) is 49.4 Å². The number of benzene rings is 6. The van der Waals surface area contributed by atoms with Crippen molar-refractivity contribution in [1.82, 2.24) is 4.57 Å². The lowest BCUT2D eigenvalue weighted by Gasteiger charge is -2.20. The molecule has 0 N–H and O–H groups in total. The Morgan fingerprint density at radius 2 is 1.16 bits per heavy atom. The van der Waals surface area contributed by atoms with E-state index in [0.29, 0.717) is 0 Å². The lowest BCUT2D eigenvalue weighted by atomic mass is 10.0. The smallest absolute Gasteiger partial charge is 0.0562 e. The van der Waals surface area contributed by atoms with Crippen LogP contribution in [0, 0.1) is 0 Å². The summed E-state index contributed by atoms with van der Waals surface area (Å²) in [6, 6.07) is 50.1. The Bertz CT molecular complexity index is 1860. The molecule has 0 aliphatic heterocycles. The van der Waals surface area contributed by atoms with Crippen LogP contribution in [0.5, 0.6) is 0 Å². The Balaban J connectivity index is 1.48. The van der Waals surface area contributed by atoms with Crippen LogP contribution in [-0.4, -0.2) is 11.6 Å². The zero-order valence-electron chi connectivity index (χ0n) is 20.7. The minimum Gasteiger partial charge on any atom is -0.345 e. The Hall–Kier alpha value is -4.82. The lowest BCUT2D eigenvalue weighted by molar-refractivity contribution is 1.17. The van der Waals surface area contributed by atoms with E-state index in [1.807, 2.05) is 0 Å². The van der Waals surface area contributed by atoms with Crippen molar-refractivity contribution in [3.63, 3.8) is 0 Å². The van der Waals surface area contributed by atoms with Crippen LogP contribution in [0.4, 0.5) is 11.4 Å². The Labute approximate surface area is 216 Å². The maximum atomic E-state index is 2.41. The predicted molar refractivity (Wildman–Crippen MR) is 158 cm³/mol. The van der Waals surface area contributed by atoms with Gasteiger partial charge >= 0.3 is 0 Å². The van der Waals surface area contributed by atoms with Gasteiger partial charge in [0.15, 0.2) is 0 Å². The number of hydrogen-bond acceptors (Lipinski definition) is 1. The molecule has 0 spiro atoms. The summed E-state index contributed by atoms with van der Waals surface area (Å²) in [6.07, 6.45) is 0. The van der Waals surface area contributed by atoms with E-state index in [0.717, 1.165) is 11.4 Å². The number of nitrogens with zero attached hydrogens (tertiary/aromatic N) is 2. The number of hydrogen-bond donors (Lipinski definition) is 0. The van der Waals surface area contributed by atoms with Gasteiger partial charge in [-0.1, -0.05) is 97.1 Å². The summed E-state index contributed by atoms with van der Waals surface area (Å²) in [6.45, 7) is 0. The second kappa shape index (κ2) is 8.69. The fraction of sp³-hybridized carbons (Fsp3) is 0.0286. The molecule has 0 fully saturated rings. The highest BCUT2D eigenvalue weighted by Gasteiger charge is 2.16. The van der Waals surface area contributed by atoms with E-state index in [-0.39, 0.29) is 0 Å². The minimum absolute atomic E-state index is 1.16. The lowest BCUT2D eigenvalue weighted by Crippen LogP contribution is -2.09. The molecule has 37 heavy (non-hydrogen) atoms. The van der Waals surface area contributed by atoms with Crippen LogP contribution < -0.4 is 4.90 Å². The molecule has 0 saturated heterocycles. The SMILES string of the molecule is CN(c1ccccc1)c1ccc2c3c4ccccc4ccc3n(-c3ccc(-c4ccccc4)cc3)c2c1. The molecule has 1 heterocycles. The first-order valence-electron chi connectivity index (χ1n) is 12.7. The quantitative estimate of drug-likeness (QED) is 0.247. The highest BCUT2D eigenvalue weighted by Crippen LogP contribution is 2.39. The van der Waals surface area contributed by atoms with Crippen molar-refractivity contribution < 1.29 is 0 Å². The molecule has 0 bridgehead atoms. The van der Waals surface area contributed by atoms with Gasteiger partial charge in [0.1, 0.15) is 0 Å². The second-order valence-electron chi connectivity index (χ2n) is 9.53. The van der Waals surface area contributed by atoms with Gasteiger partial charge in [0.25, 0.3) is 0 Å². The van der Waals surface area contributed by atoms with Crippen molar-refractivity contribution >= 4 is 44.0 Å². The first-order chi connectivity index (χ1) is 18.3. The molecule has 2 heteroatoms. The predicted octanol–water partition coefficient (Wildman–Crippen LogP) is 9.37. The van der Waals surface area contributed by atoms with Crippen molar-refractivity contribution in [3.8, 4) is 16.8 Å². The van der Waals surface area contributed by atoms with Crippen LogP contribution in [0.15, 0.2) is 140 Å². The van der Waals surface area contributed by atoms with Gasteiger partial charge in [-0.05, 0) is 64.4 Å². The molecule has 7 aromatic rings. The van der Waals surface area contributed by atoms with Crippen LogP contribution in [0.1, 0.15) is 0 Å². The Morgan fingerprint density at radius 1 is 0.486 bits per heavy atom. The molecule has 6 aromatic carbocycles. The van der Waals surface area contributed by atoms with Gasteiger partial charge < -0.3 is 9.47 Å². The molecule has 0 aliphatic rings. The van der Waals surface area contributed by atoms with Gasteiger partial charge in [0, 0.05) is 34.9 Å². The van der Waals surface area contributed by atoms with E-state index in [2.05, 4.69) is 156 Å². The standard InChI is InChI=1S/C35H26N2/c1-36(28-13-6-3-7-14-28)30-21-22-32-34(24-30)37(33-23-18-27-12-8-9-15-31(27)35(32)33)29-19-16-26(17-20-29)25-10-4-2-5-11-25/h2-24H,1H3. The largest absolute Gasteiger partial charge is 0.345 e. The second-order valence-corrected chi connectivity index (χ2v) is 9.53. The van der Waals surface area contributed by atoms with Gasteiger partial charge in [-0.3, -0.25) is 0 Å². The molecule has 176 valence electrons. The zero-order valence-corrected chi connectivity index (χ0v) is 20.7. The number of rotatable bonds is 4. The van der Waals surface area contributed by atoms with E-state index in [1.165, 1.54) is 49.4 Å². The minimum atomic E-state index is 1.16. The third-order valence-electron chi connectivity index (χ3n) is 7.40. The van der Waals surface area contributed by atoms with Crippen molar-refractivity contribution in [3.05, 3.63) is 140 Å². The summed E-state index contributed by atoms with van der Waals surface area (Å²) >= 11 is 0. The summed E-state index contributed by atoms with van der Waals surface area (Å²) < 4.78 is 2.41. The summed E-state index contributed by atoms with van der Waals surface area (Å²) in [4.78, 5) is 2.25. The number of para-hydroxylation sites is 1. The molecule has 0 atom stereocenters. The molecular formula is C35H26N2. The Kier molecular flexibility index (Phi) is 5.04. The van der Waals surface area contributed by atoms with Crippen molar-refractivity contribution in [2.24, 2.45) is 0 Å². The van der Waals surface area contributed by atoms with Gasteiger partial charge in [-0.2, -0.15) is 0 Å². The van der Waals surface area contributed by atoms with Crippen molar-refractivity contribution in [2.75, 3.05) is 11.9 Å². The van der Waals surface area contributed by atoms with E-state index < -0.39 is 0 Å². The average molecular weight is 475 g/mol. The topological polar surface area (TPSA) is 8.17 Å². The molecule has 0 saturated carbocycles. The van der Waals surface area contributed by atoms with E-state index in [9.17, 15) is 0 Å². The maximum Gasteiger partial charge on any atom is 0.0562 e. The van der Waals surface area contributed by atoms with Gasteiger partial charge in [0.2, 0.25) is 0 Å². The first-order valence-corrected chi connectivity index (χ1v) is 12.7. The fourth-order valence-electron chi connectivity index (χ4n) is 5.50. The number of fused-ring (bicyclic) bond motifs is 5. The highest BCUT2D eigenvalue weighted by molar-refractivity contribution is 6.21. The molecule has 0 unspecified atom stereocenters. The summed E-state index contributed by atoms with van der Waals surface area (Å²) in [5.41, 5.74) is 8.37. The van der Waals surface area contributed by atoms with Gasteiger partial charge in [-0.15, -0.1) is 0 Å². The summed E-state index contributed by atoms with van der Waals surface area (Å²) in [5.74, 6) is 0. The van der Waals surface area contributed by atoms with Crippen LogP contribution in [0.3, 0.4) is 0 Å². The van der Waals surface area contributed by atoms with Crippen LogP contribution >= 0.6 is 0 Å². The Morgan fingerprint density at radius 3 is 1.95 bits per heavy atom. The van der Waals surface area contributed by atoms with Crippen LogP contribution in [-0.2, 0) is 0 Å². The number of anilines is 2. The van der Waals surface area contributed by atoms with Crippen molar-refractivity contribution in [1.29, 1.82) is 0 Å². The van der Waals surface area contributed by atoms with Gasteiger partial charge in [0.05, 0.1) is 11.0 Å². The van der Waals surface area contributed by atoms with Crippen LogP contribution in [0.2, 0.25) is 0 Å². The summed E-state index contributed by atoms with van der Waals surface area (Å²) in [5, 5.41) is 5.12. The van der Waals surface area contributed by atoms with Crippen molar-refractivity contribution in [2.45, 2.75) is 0 Å². The maximum absolute atomic E-state index is 2.41. The van der Waals surface area contributed by atoms with E-state index in [4.69, 9.17) is 0 Å². The third kappa shape index (κ3) is 3.57. The first kappa shape index (κ1) is 21.5. The zero-order chi connectivity index (χ0) is 24.8. The average Bonchev–Trinajstić information content (AvgIpc) is 3.32. The van der Waals surface area contributed by atoms with Gasteiger partial charge in [-0.25, -0.2) is 0 Å². The fourth-order valence-corrected chi connectivity index (χ4v) is 5.50. The monoisotopic (exact) mass is 474 g/mol. The molecule has 0 aliphatic carbocycles. The molecule has 2 nitrogen and oxygen atoms in total. The molecule has 1 aromatic heterocycles. The highest BCUT2D eigenvalue weighted by atomic mass is 15.1. The number of aromatic nitrogens is 1. The van der Waals surface area contributed by atoms with E-state index >= 15 is 0 Å². The normalized spacial score (nSPS) is 11.4. The molecule has 7 rings (SSSR count). The summed E-state index contributed by atoms with van der Waals surface area (Å²) in [7, 11) is 2.13. The molecular weight excluding hydrogens is 448 g/mol. The molecule has 0 amide bonds. The third-order valence-corrected chi connectivity index (χ3v) is 7.40. The molecule has 0 radical (unpaired) electrons.